The van der Waals surface area contributed by atoms with Crippen LogP contribution >= 0.6 is 0 Å². The number of benzene rings is 1. The van der Waals surface area contributed by atoms with Gasteiger partial charge in [-0.3, -0.25) is 4.90 Å². The minimum atomic E-state index is -5.08. The second-order valence-electron chi connectivity index (χ2n) is 5.62. The van der Waals surface area contributed by atoms with E-state index >= 15 is 0 Å². The van der Waals surface area contributed by atoms with E-state index in [9.17, 15) is 13.2 Å². The van der Waals surface area contributed by atoms with Crippen molar-refractivity contribution in [3.63, 3.8) is 0 Å². The van der Waals surface area contributed by atoms with Gasteiger partial charge in [-0.05, 0) is 43.3 Å². The minimum Gasteiger partial charge on any atom is -0.488 e. The number of rotatable bonds is 2. The Bertz CT molecular complexity index is 557. The molecule has 0 unspecified atom stereocenters. The zero-order chi connectivity index (χ0) is 17.0. The van der Waals surface area contributed by atoms with E-state index in [2.05, 4.69) is 35.5 Å². The monoisotopic (exact) mass is 332 g/mol. The number of alkyl halides is 3. The summed E-state index contributed by atoms with van der Waals surface area (Å²) in [5.41, 5.74) is 2.87. The Morgan fingerprint density at radius 1 is 1.35 bits per heavy atom. The highest BCUT2D eigenvalue weighted by molar-refractivity contribution is 5.73. The Labute approximate surface area is 132 Å². The molecule has 0 atom stereocenters. The number of ether oxygens (including phenoxy) is 1. The Kier molecular flexibility index (Phi) is 5.48. The molecule has 8 heteroatoms. The van der Waals surface area contributed by atoms with Crippen molar-refractivity contribution in [1.82, 2.24) is 10.2 Å². The van der Waals surface area contributed by atoms with Crippen molar-refractivity contribution in [2.75, 3.05) is 26.7 Å². The van der Waals surface area contributed by atoms with Crippen LogP contribution in [-0.2, 0) is 17.8 Å². The van der Waals surface area contributed by atoms with Gasteiger partial charge in [0.25, 0.3) is 0 Å². The van der Waals surface area contributed by atoms with Crippen LogP contribution in [0.2, 0.25) is 0 Å². The molecule has 2 N–H and O–H groups in total. The quantitative estimate of drug-likeness (QED) is 0.862. The number of hydrogen-bond acceptors (Lipinski definition) is 4. The van der Waals surface area contributed by atoms with Crippen molar-refractivity contribution < 1.29 is 27.8 Å². The fraction of sp³-hybridized carbons (Fsp3) is 0.533. The van der Waals surface area contributed by atoms with Crippen LogP contribution < -0.4 is 10.1 Å². The molecule has 1 saturated heterocycles. The molecule has 128 valence electrons. The number of carbonyl (C=O) groups is 1. The molecule has 2 aliphatic heterocycles. The molecule has 0 amide bonds. The lowest BCUT2D eigenvalue weighted by molar-refractivity contribution is -0.192. The molecule has 1 aromatic rings. The van der Waals surface area contributed by atoms with Gasteiger partial charge < -0.3 is 15.2 Å². The first kappa shape index (κ1) is 17.6. The van der Waals surface area contributed by atoms with Gasteiger partial charge in [-0.15, -0.1) is 0 Å². The maximum absolute atomic E-state index is 10.6. The van der Waals surface area contributed by atoms with E-state index in [0.29, 0.717) is 6.10 Å². The molecule has 0 aliphatic carbocycles. The summed E-state index contributed by atoms with van der Waals surface area (Å²) in [6, 6.07) is 6.51. The fourth-order valence-electron chi connectivity index (χ4n) is 2.44. The van der Waals surface area contributed by atoms with Gasteiger partial charge in [0.1, 0.15) is 11.9 Å². The average molecular weight is 332 g/mol. The molecule has 0 aromatic heterocycles. The molecular formula is C15H19F3N2O3. The van der Waals surface area contributed by atoms with E-state index in [1.807, 2.05) is 0 Å². The largest absolute Gasteiger partial charge is 0.490 e. The van der Waals surface area contributed by atoms with Gasteiger partial charge in [0.15, 0.2) is 0 Å². The summed E-state index contributed by atoms with van der Waals surface area (Å²) in [4.78, 5) is 11.2. The molecule has 0 spiro atoms. The highest BCUT2D eigenvalue weighted by Gasteiger charge is 2.38. The van der Waals surface area contributed by atoms with Crippen LogP contribution in [0.25, 0.3) is 0 Å². The molecule has 1 aromatic carbocycles. The number of aliphatic carboxylic acids is 1. The van der Waals surface area contributed by atoms with Crippen molar-refractivity contribution in [2.45, 2.75) is 25.2 Å². The normalized spacial score (nSPS) is 18.3. The van der Waals surface area contributed by atoms with Gasteiger partial charge in [-0.1, -0.05) is 6.07 Å². The molecule has 0 radical (unpaired) electrons. The van der Waals surface area contributed by atoms with E-state index in [1.54, 1.807) is 0 Å². The minimum absolute atomic E-state index is 0.393. The van der Waals surface area contributed by atoms with Gasteiger partial charge in [0.05, 0.1) is 0 Å². The number of likely N-dealkylation sites (N-methyl/N-ethyl adjacent to an activating group) is 1. The molecule has 0 bridgehead atoms. The van der Waals surface area contributed by atoms with E-state index in [4.69, 9.17) is 14.6 Å². The van der Waals surface area contributed by atoms with Crippen LogP contribution in [0.1, 0.15) is 11.1 Å². The average Bonchev–Trinajstić information content (AvgIpc) is 2.45. The molecule has 23 heavy (non-hydrogen) atoms. The summed E-state index contributed by atoms with van der Waals surface area (Å²) >= 11 is 0. The standard InChI is InChI=1S/C13H18N2O.C2HF3O2/c1-15-8-13(9-15)16-12-3-2-11-7-14-5-4-10(11)6-12;3-2(4,5)1(6)7/h2-3,6,13-14H,4-5,7-9H2,1H3;(H,6,7). The van der Waals surface area contributed by atoms with E-state index in [-0.39, 0.29) is 0 Å². The third-order valence-electron chi connectivity index (χ3n) is 3.64. The number of halogens is 3. The number of fused-ring (bicyclic) bond motifs is 1. The van der Waals surface area contributed by atoms with Crippen molar-refractivity contribution >= 4 is 5.97 Å². The molecule has 0 saturated carbocycles. The van der Waals surface area contributed by atoms with Crippen LogP contribution in [0.4, 0.5) is 13.2 Å². The second kappa shape index (κ2) is 7.18. The topological polar surface area (TPSA) is 61.8 Å². The van der Waals surface area contributed by atoms with Crippen molar-refractivity contribution in [1.29, 1.82) is 0 Å². The SMILES string of the molecule is CN1CC(Oc2ccc3c(c2)CCNC3)C1.O=C(O)C(F)(F)F. The first-order valence-corrected chi connectivity index (χ1v) is 7.23. The van der Waals surface area contributed by atoms with Gasteiger partial charge in [-0.2, -0.15) is 13.2 Å². The summed E-state index contributed by atoms with van der Waals surface area (Å²) in [5.74, 6) is -1.72. The molecule has 2 aliphatic rings. The van der Waals surface area contributed by atoms with Crippen LogP contribution in [-0.4, -0.2) is 54.9 Å². The van der Waals surface area contributed by atoms with Gasteiger partial charge >= 0.3 is 12.1 Å². The maximum Gasteiger partial charge on any atom is 0.490 e. The Morgan fingerprint density at radius 3 is 2.57 bits per heavy atom. The van der Waals surface area contributed by atoms with Crippen LogP contribution in [0.5, 0.6) is 5.75 Å². The highest BCUT2D eigenvalue weighted by atomic mass is 19.4. The summed E-state index contributed by atoms with van der Waals surface area (Å²) in [7, 11) is 2.12. The molecule has 5 nitrogen and oxygen atoms in total. The van der Waals surface area contributed by atoms with Crippen LogP contribution in [0.3, 0.4) is 0 Å². The smallest absolute Gasteiger partial charge is 0.488 e. The van der Waals surface area contributed by atoms with Gasteiger partial charge in [0.2, 0.25) is 0 Å². The molecule has 3 rings (SSSR count). The summed E-state index contributed by atoms with van der Waals surface area (Å²) in [6.45, 7) is 4.20. The number of nitrogens with one attached hydrogen (secondary N) is 1. The zero-order valence-electron chi connectivity index (χ0n) is 12.7. The molecule has 2 heterocycles. The maximum atomic E-state index is 10.6. The summed E-state index contributed by atoms with van der Waals surface area (Å²) in [5, 5.41) is 10.5. The van der Waals surface area contributed by atoms with Crippen LogP contribution in [0, 0.1) is 0 Å². The highest BCUT2D eigenvalue weighted by Crippen LogP contribution is 2.23. The number of likely N-dealkylation sites (tertiary alicyclic amines) is 1. The predicted molar refractivity (Wildman–Crippen MR) is 77.5 cm³/mol. The Balaban J connectivity index is 0.000000236. The first-order valence-electron chi connectivity index (χ1n) is 7.23. The third kappa shape index (κ3) is 5.11. The lowest BCUT2D eigenvalue weighted by Gasteiger charge is -2.36. The van der Waals surface area contributed by atoms with E-state index in [0.717, 1.165) is 38.3 Å². The van der Waals surface area contributed by atoms with Gasteiger partial charge in [-0.25, -0.2) is 4.79 Å². The lowest BCUT2D eigenvalue weighted by Crippen LogP contribution is -2.51. The molecule has 1 fully saturated rings. The van der Waals surface area contributed by atoms with Crippen molar-refractivity contribution in [3.05, 3.63) is 29.3 Å². The van der Waals surface area contributed by atoms with E-state index in [1.165, 1.54) is 11.1 Å². The predicted octanol–water partition coefficient (Wildman–Crippen LogP) is 1.66. The Morgan fingerprint density at radius 2 is 2.00 bits per heavy atom. The molecular weight excluding hydrogens is 313 g/mol. The van der Waals surface area contributed by atoms with Gasteiger partial charge in [0, 0.05) is 19.6 Å². The zero-order valence-corrected chi connectivity index (χ0v) is 12.7. The number of carboxylic acids is 1. The fourth-order valence-corrected chi connectivity index (χ4v) is 2.44. The number of hydrogen-bond donors (Lipinski definition) is 2. The number of carboxylic acid groups (broad SMARTS) is 1. The lowest BCUT2D eigenvalue weighted by atomic mass is 10.0. The summed E-state index contributed by atoms with van der Waals surface area (Å²) in [6.07, 6.45) is -3.57. The summed E-state index contributed by atoms with van der Waals surface area (Å²) < 4.78 is 37.7. The van der Waals surface area contributed by atoms with E-state index < -0.39 is 12.1 Å². The Hall–Kier alpha value is -1.80. The first-order chi connectivity index (χ1) is 10.8. The number of nitrogens with zero attached hydrogens (tertiary/aromatic N) is 1. The van der Waals surface area contributed by atoms with Crippen molar-refractivity contribution in [2.24, 2.45) is 0 Å². The van der Waals surface area contributed by atoms with Crippen molar-refractivity contribution in [3.8, 4) is 5.75 Å². The second-order valence-corrected chi connectivity index (χ2v) is 5.62. The van der Waals surface area contributed by atoms with Crippen LogP contribution in [0.15, 0.2) is 18.2 Å². The third-order valence-corrected chi connectivity index (χ3v) is 3.64.